The third-order valence-electron chi connectivity index (χ3n) is 2.57. The quantitative estimate of drug-likeness (QED) is 0.726. The average Bonchev–Trinajstić information content (AvgIpc) is 2.65. The molecule has 1 unspecified atom stereocenters. The van der Waals surface area contributed by atoms with Crippen molar-refractivity contribution in [1.29, 1.82) is 0 Å². The van der Waals surface area contributed by atoms with Crippen molar-refractivity contribution in [2.75, 3.05) is 20.3 Å². The van der Waals surface area contributed by atoms with Crippen LogP contribution in [0, 0.1) is 13.8 Å². The third kappa shape index (κ3) is 4.72. The zero-order valence-electron chi connectivity index (χ0n) is 11.4. The number of rotatable bonds is 7. The maximum absolute atomic E-state index is 11.7. The molecule has 102 valence electrons. The van der Waals surface area contributed by atoms with Gasteiger partial charge in [-0.05, 0) is 20.8 Å². The van der Waals surface area contributed by atoms with Gasteiger partial charge in [-0.25, -0.2) is 4.98 Å². The molecule has 0 saturated heterocycles. The maximum atomic E-state index is 11.7. The van der Waals surface area contributed by atoms with Gasteiger partial charge in [0.15, 0.2) is 0 Å². The summed E-state index contributed by atoms with van der Waals surface area (Å²) < 4.78 is 4.88. The highest BCUT2D eigenvalue weighted by Gasteiger charge is 2.13. The molecule has 0 fully saturated rings. The van der Waals surface area contributed by atoms with Gasteiger partial charge >= 0.3 is 0 Å². The Kier molecular flexibility index (Phi) is 6.24. The molecule has 0 aliphatic carbocycles. The Morgan fingerprint density at radius 1 is 1.50 bits per heavy atom. The van der Waals surface area contributed by atoms with Crippen LogP contribution in [0.15, 0.2) is 0 Å². The second kappa shape index (κ2) is 7.45. The number of thiazole rings is 1. The number of aromatic nitrogens is 1. The second-order valence-corrected chi connectivity index (χ2v) is 5.42. The Morgan fingerprint density at radius 2 is 2.22 bits per heavy atom. The molecule has 1 rings (SSSR count). The molecular weight excluding hydrogens is 250 g/mol. The number of carbonyl (C=O) groups is 1. The lowest BCUT2D eigenvalue weighted by Gasteiger charge is -2.13. The highest BCUT2D eigenvalue weighted by atomic mass is 32.1. The molecule has 0 aromatic carbocycles. The molecule has 1 aromatic heterocycles. The van der Waals surface area contributed by atoms with Crippen LogP contribution in [0.2, 0.25) is 0 Å². The van der Waals surface area contributed by atoms with Crippen LogP contribution in [-0.4, -0.2) is 37.2 Å². The molecule has 0 aliphatic rings. The third-order valence-corrected chi connectivity index (χ3v) is 3.64. The van der Waals surface area contributed by atoms with Crippen LogP contribution in [0.25, 0.3) is 0 Å². The summed E-state index contributed by atoms with van der Waals surface area (Å²) in [4.78, 5) is 17.2. The second-order valence-electron chi connectivity index (χ2n) is 4.13. The van der Waals surface area contributed by atoms with Crippen LogP contribution in [0.3, 0.4) is 0 Å². The molecule has 0 spiro atoms. The normalized spacial score (nSPS) is 12.4. The zero-order chi connectivity index (χ0) is 13.5. The summed E-state index contributed by atoms with van der Waals surface area (Å²) in [6.07, 6.45) is 0. The lowest BCUT2D eigenvalue weighted by molar-refractivity contribution is -0.122. The molecule has 0 aliphatic heterocycles. The first kappa shape index (κ1) is 15.1. The molecule has 1 heterocycles. The Balaban J connectivity index is 2.34. The van der Waals surface area contributed by atoms with Crippen molar-refractivity contribution in [3.8, 4) is 0 Å². The minimum atomic E-state index is -0.219. The van der Waals surface area contributed by atoms with E-state index in [1.165, 1.54) is 4.88 Å². The van der Waals surface area contributed by atoms with Crippen LogP contribution >= 0.6 is 11.3 Å². The predicted octanol–water partition coefficient (Wildman–Crippen LogP) is 1.00. The summed E-state index contributed by atoms with van der Waals surface area (Å²) in [6.45, 7) is 7.58. The predicted molar refractivity (Wildman–Crippen MR) is 72.8 cm³/mol. The molecule has 0 radical (unpaired) electrons. The van der Waals surface area contributed by atoms with Gasteiger partial charge in [0.2, 0.25) is 5.91 Å². The van der Waals surface area contributed by atoms with E-state index in [2.05, 4.69) is 15.6 Å². The average molecular weight is 271 g/mol. The monoisotopic (exact) mass is 271 g/mol. The van der Waals surface area contributed by atoms with Crippen molar-refractivity contribution in [3.05, 3.63) is 15.6 Å². The van der Waals surface area contributed by atoms with E-state index in [-0.39, 0.29) is 11.9 Å². The molecular formula is C12H21N3O2S. The van der Waals surface area contributed by atoms with Gasteiger partial charge in [-0.3, -0.25) is 4.79 Å². The lowest BCUT2D eigenvalue weighted by atomic mass is 10.3. The first-order chi connectivity index (χ1) is 8.54. The number of ether oxygens (including phenoxy) is 1. The van der Waals surface area contributed by atoms with Gasteiger partial charge in [-0.2, -0.15) is 0 Å². The maximum Gasteiger partial charge on any atom is 0.236 e. The number of nitrogens with one attached hydrogen (secondary N) is 2. The molecule has 1 amide bonds. The van der Waals surface area contributed by atoms with Crippen LogP contribution in [0.4, 0.5) is 0 Å². The van der Waals surface area contributed by atoms with Crippen molar-refractivity contribution >= 4 is 17.2 Å². The van der Waals surface area contributed by atoms with Crippen molar-refractivity contribution in [2.24, 2.45) is 0 Å². The van der Waals surface area contributed by atoms with Crippen molar-refractivity contribution < 1.29 is 9.53 Å². The van der Waals surface area contributed by atoms with Crippen molar-refractivity contribution in [1.82, 2.24) is 15.6 Å². The van der Waals surface area contributed by atoms with E-state index in [0.717, 1.165) is 10.7 Å². The summed E-state index contributed by atoms with van der Waals surface area (Å²) in [7, 11) is 1.61. The molecule has 1 aromatic rings. The van der Waals surface area contributed by atoms with E-state index in [1.54, 1.807) is 18.4 Å². The van der Waals surface area contributed by atoms with Crippen LogP contribution < -0.4 is 10.6 Å². The smallest absolute Gasteiger partial charge is 0.236 e. The van der Waals surface area contributed by atoms with E-state index >= 15 is 0 Å². The molecule has 2 N–H and O–H groups in total. The van der Waals surface area contributed by atoms with Gasteiger partial charge in [-0.15, -0.1) is 11.3 Å². The number of carbonyl (C=O) groups excluding carboxylic acids is 1. The number of hydrogen-bond acceptors (Lipinski definition) is 5. The number of aryl methyl sites for hydroxylation is 2. The summed E-state index contributed by atoms with van der Waals surface area (Å²) in [5.41, 5.74) is 1.04. The first-order valence-corrected chi connectivity index (χ1v) is 6.79. The number of methoxy groups -OCH3 is 1. The summed E-state index contributed by atoms with van der Waals surface area (Å²) in [5, 5.41) is 7.06. The number of amides is 1. The minimum Gasteiger partial charge on any atom is -0.383 e. The van der Waals surface area contributed by atoms with E-state index in [4.69, 9.17) is 4.74 Å². The van der Waals surface area contributed by atoms with Gasteiger partial charge in [0, 0.05) is 25.1 Å². The topological polar surface area (TPSA) is 63.2 Å². The highest BCUT2D eigenvalue weighted by molar-refractivity contribution is 7.11. The van der Waals surface area contributed by atoms with Crippen molar-refractivity contribution in [3.63, 3.8) is 0 Å². The van der Waals surface area contributed by atoms with Gasteiger partial charge in [0.1, 0.15) is 0 Å². The lowest BCUT2D eigenvalue weighted by Crippen LogP contribution is -2.42. The molecule has 1 atom stereocenters. The SMILES string of the molecule is COCCNC(=O)C(C)NCc1sc(C)nc1C. The zero-order valence-corrected chi connectivity index (χ0v) is 12.2. The van der Waals surface area contributed by atoms with E-state index < -0.39 is 0 Å². The molecule has 18 heavy (non-hydrogen) atoms. The molecule has 0 saturated carbocycles. The number of nitrogens with zero attached hydrogens (tertiary/aromatic N) is 1. The van der Waals surface area contributed by atoms with Gasteiger partial charge in [-0.1, -0.05) is 0 Å². The van der Waals surface area contributed by atoms with Crippen LogP contribution in [-0.2, 0) is 16.1 Å². The Bertz CT molecular complexity index is 393. The Morgan fingerprint density at radius 3 is 2.78 bits per heavy atom. The van der Waals surface area contributed by atoms with Gasteiger partial charge in [0.25, 0.3) is 0 Å². The summed E-state index contributed by atoms with van der Waals surface area (Å²) in [6, 6.07) is -0.219. The van der Waals surface area contributed by atoms with E-state index in [1.807, 2.05) is 20.8 Å². The Hall–Kier alpha value is -0.980. The van der Waals surface area contributed by atoms with E-state index in [9.17, 15) is 4.79 Å². The van der Waals surface area contributed by atoms with Crippen LogP contribution in [0.5, 0.6) is 0 Å². The largest absolute Gasteiger partial charge is 0.383 e. The van der Waals surface area contributed by atoms with Gasteiger partial charge in [0.05, 0.1) is 23.4 Å². The minimum absolute atomic E-state index is 0.00839. The summed E-state index contributed by atoms with van der Waals surface area (Å²) >= 11 is 1.66. The fraction of sp³-hybridized carbons (Fsp3) is 0.667. The highest BCUT2D eigenvalue weighted by Crippen LogP contribution is 2.16. The molecule has 6 heteroatoms. The fourth-order valence-electron chi connectivity index (χ4n) is 1.51. The standard InChI is InChI=1S/C12H21N3O2S/c1-8-11(18-10(3)15-8)7-14-9(2)12(16)13-5-6-17-4/h9,14H,5-7H2,1-4H3,(H,13,16). The summed E-state index contributed by atoms with van der Waals surface area (Å²) in [5.74, 6) is -0.00839. The fourth-order valence-corrected chi connectivity index (χ4v) is 2.39. The first-order valence-electron chi connectivity index (χ1n) is 5.97. The van der Waals surface area contributed by atoms with Crippen LogP contribution in [0.1, 0.15) is 22.5 Å². The van der Waals surface area contributed by atoms with E-state index in [0.29, 0.717) is 19.7 Å². The molecule has 5 nitrogen and oxygen atoms in total. The Labute approximate surface area is 112 Å². The van der Waals surface area contributed by atoms with Crippen molar-refractivity contribution in [2.45, 2.75) is 33.4 Å². The number of hydrogen-bond donors (Lipinski definition) is 2. The van der Waals surface area contributed by atoms with Gasteiger partial charge < -0.3 is 15.4 Å². The molecule has 0 bridgehead atoms.